The number of fused-ring (bicyclic) bond motifs is 4. The van der Waals surface area contributed by atoms with Gasteiger partial charge in [0.15, 0.2) is 32.7 Å². The maximum atomic E-state index is 7.26. The summed E-state index contributed by atoms with van der Waals surface area (Å²) in [6, 6.07) is 61.6. The van der Waals surface area contributed by atoms with Crippen molar-refractivity contribution < 1.29 is 14.2 Å². The molecule has 2 fully saturated rings. The first kappa shape index (κ1) is 66.1. The molecule has 0 bridgehead atoms. The van der Waals surface area contributed by atoms with Crippen LogP contribution >= 0.6 is 50.1 Å². The summed E-state index contributed by atoms with van der Waals surface area (Å²) in [6.07, 6.45) is 14.8. The molecule has 10 aromatic rings. The molecule has 480 valence electrons. The number of nitrogens with two attached hydrogens (primary N) is 1. The van der Waals surface area contributed by atoms with Crippen LogP contribution in [0.4, 0.5) is 16.1 Å². The lowest BCUT2D eigenvalue weighted by Gasteiger charge is -2.47. The van der Waals surface area contributed by atoms with Gasteiger partial charge < -0.3 is 25.3 Å². The largest absolute Gasteiger partial charge is 0.484 e. The van der Waals surface area contributed by atoms with Gasteiger partial charge in [0.25, 0.3) is 0 Å². The minimum atomic E-state index is -0.824. The Morgan fingerprint density at radius 2 is 0.957 bits per heavy atom. The number of ether oxygens (including phenoxy) is 3. The van der Waals surface area contributed by atoms with Crippen molar-refractivity contribution in [1.29, 1.82) is 0 Å². The van der Waals surface area contributed by atoms with Crippen LogP contribution in [0, 0.1) is 10.8 Å². The van der Waals surface area contributed by atoms with Gasteiger partial charge in [-0.2, -0.15) is 0 Å². The van der Waals surface area contributed by atoms with E-state index in [-0.39, 0.29) is 27.4 Å². The van der Waals surface area contributed by atoms with Crippen LogP contribution in [0.1, 0.15) is 166 Å². The van der Waals surface area contributed by atoms with Gasteiger partial charge in [0.1, 0.15) is 22.7 Å². The van der Waals surface area contributed by atoms with Crippen LogP contribution in [0.2, 0.25) is 5.15 Å². The lowest BCUT2D eigenvalue weighted by Crippen LogP contribution is -2.46. The van der Waals surface area contributed by atoms with E-state index in [9.17, 15) is 0 Å². The van der Waals surface area contributed by atoms with Gasteiger partial charge in [-0.15, -0.1) is 22.7 Å². The minimum absolute atomic E-state index is 0.0406. The topological polar surface area (TPSA) is 117 Å². The van der Waals surface area contributed by atoms with E-state index >= 15 is 0 Å². The molecule has 2 saturated carbocycles. The first-order valence-corrected chi connectivity index (χ1v) is 37.6. The summed E-state index contributed by atoms with van der Waals surface area (Å²) < 4.78 is 20.0. The summed E-state index contributed by atoms with van der Waals surface area (Å²) in [6.45, 7) is 22.8. The van der Waals surface area contributed by atoms with Crippen molar-refractivity contribution in [1.82, 2.24) is 19.9 Å². The smallest absolute Gasteiger partial charge is 0.188 e. The molecule has 14 heteroatoms. The number of aromatic nitrogens is 4. The highest BCUT2D eigenvalue weighted by atomic mass is 35.5. The third-order valence-corrected chi connectivity index (χ3v) is 24.7. The number of hydrogen-bond donors (Lipinski definition) is 2. The van der Waals surface area contributed by atoms with Crippen molar-refractivity contribution >= 4 is 98.0 Å². The Morgan fingerprint density at radius 3 is 1.33 bits per heavy atom. The fraction of sp³-hybridized carbons (Fsp3) is 0.342. The zero-order valence-electron chi connectivity index (χ0n) is 55.4. The van der Waals surface area contributed by atoms with Crippen molar-refractivity contribution in [3.05, 3.63) is 232 Å². The Bertz CT molecular complexity index is 3920. The van der Waals surface area contributed by atoms with E-state index in [1.165, 1.54) is 78.3 Å². The number of nitrogens with zero attached hydrogens (tertiary/aromatic N) is 4. The number of halogens is 1. The molecule has 5 aliphatic rings. The van der Waals surface area contributed by atoms with E-state index in [0.29, 0.717) is 22.1 Å². The average Bonchev–Trinajstić information content (AvgIpc) is 0.884. The Kier molecular flexibility index (Phi) is 19.7. The van der Waals surface area contributed by atoms with Gasteiger partial charge in [-0.05, 0) is 136 Å². The number of nitrogen functional groups attached to an aromatic ring is 1. The van der Waals surface area contributed by atoms with Crippen molar-refractivity contribution in [2.24, 2.45) is 10.8 Å². The third kappa shape index (κ3) is 15.1. The molecule has 93 heavy (non-hydrogen) atoms. The molecule has 0 radical (unpaired) electrons. The molecule has 2 atom stereocenters. The maximum absolute atomic E-state index is 7.26. The van der Waals surface area contributed by atoms with E-state index in [0.717, 1.165) is 96.7 Å². The van der Waals surface area contributed by atoms with Crippen LogP contribution < -0.4 is 57.1 Å². The summed E-state index contributed by atoms with van der Waals surface area (Å²) >= 11 is 9.45. The number of para-hydroxylation sites is 2. The van der Waals surface area contributed by atoms with Crippen LogP contribution in [-0.2, 0) is 18.3 Å². The molecule has 0 amide bonds. The van der Waals surface area contributed by atoms with Crippen LogP contribution in [0.15, 0.2) is 193 Å². The Hall–Kier alpha value is -6.97. The van der Waals surface area contributed by atoms with Gasteiger partial charge in [0.05, 0.1) is 0 Å². The summed E-state index contributed by atoms with van der Waals surface area (Å²) in [4.78, 5) is 17.6. The minimum Gasteiger partial charge on any atom is -0.484 e. The fourth-order valence-electron chi connectivity index (χ4n) is 13.7. The predicted molar refractivity (Wildman–Crippen MR) is 395 cm³/mol. The summed E-state index contributed by atoms with van der Waals surface area (Å²) in [5.41, 5.74) is 12.7. The van der Waals surface area contributed by atoms with E-state index in [1.54, 1.807) is 17.5 Å². The highest BCUT2D eigenvalue weighted by Crippen LogP contribution is 2.55. The number of thiazole rings is 2. The molecule has 9 nitrogen and oxygen atoms in total. The second kappa shape index (κ2) is 27.8. The lowest BCUT2D eigenvalue weighted by molar-refractivity contribution is -0.0321. The number of anilines is 3. The van der Waals surface area contributed by atoms with Crippen molar-refractivity contribution in [3.63, 3.8) is 0 Å². The second-order valence-corrected chi connectivity index (χ2v) is 35.1. The Balaban J connectivity index is 0.000000138. The number of pyridine rings is 2. The van der Waals surface area contributed by atoms with Crippen molar-refractivity contribution in [2.45, 2.75) is 162 Å². The predicted octanol–water partition coefficient (Wildman–Crippen LogP) is 19.2. The Morgan fingerprint density at radius 1 is 0.538 bits per heavy atom. The number of nitrogens with one attached hydrogen (secondary N) is 1. The summed E-state index contributed by atoms with van der Waals surface area (Å²) in [5.74, 6) is 5.68. The summed E-state index contributed by atoms with van der Waals surface area (Å²) in [5, 5.41) is 17.1. The van der Waals surface area contributed by atoms with Crippen LogP contribution in [0.3, 0.4) is 0 Å². The SMILES string of the molecule is CC1(C)c2cccc(P(c3ccccc3)c3ccccc3)c2Oc2c(P(c3ccccc3)c3ccccc3)cccc21.C[C@H]1CC2(CCC2)Oc2c1cc(CC(C)(C)C)nc2Cl.C[C@H]1CC2(CCC2)Oc2c1cc(CC(C)(C)C)nc2Nc1nccs1.Nc1nccs1. The zero-order valence-corrected chi connectivity index (χ0v) is 59.6. The van der Waals surface area contributed by atoms with Crippen molar-refractivity contribution in [3.8, 4) is 23.0 Å². The van der Waals surface area contributed by atoms with Crippen LogP contribution in [-0.4, -0.2) is 31.1 Å². The standard InChI is InChI=1S/C39H32OP2.C20H27N3OS.C17H24ClNO.C3H4N2S/c1-39(2)33-25-15-27-35(41(29-17-7-3-8-18-29)30-19-9-4-10-20-30)37(33)40-38-34(39)26-16-28-36(38)42(31-21-11-5-12-22-31)32-23-13-6-14-24-32;1-13-11-20(6-5-7-20)24-16-15(13)10-14(12-19(2,3)4)22-17(16)23-18-21-8-9-25-18;1-11-9-17(6-5-7-17)20-14-13(11)8-12(19-15(14)18)10-16(2,3)4;4-3-5-1-2-6-3/h3-28H,1-2H3;8-10,13H,5-7,11-12H2,1-4H3,(H,21,22,23);8,11H,5-7,9-10H2,1-4H3;1-2H,(H2,4,5)/t;13-;11-;/m.00./s1. The number of benzene rings is 6. The molecule has 15 rings (SSSR count). The molecule has 4 aromatic heterocycles. The van der Waals surface area contributed by atoms with Crippen LogP contribution in [0.5, 0.6) is 23.0 Å². The quantitative estimate of drug-likeness (QED) is 0.102. The van der Waals surface area contributed by atoms with E-state index in [2.05, 4.69) is 259 Å². The first-order valence-electron chi connectivity index (χ1n) is 32.8. The van der Waals surface area contributed by atoms with Gasteiger partial charge in [-0.1, -0.05) is 239 Å². The lowest BCUT2D eigenvalue weighted by atomic mass is 9.71. The zero-order chi connectivity index (χ0) is 65.1. The highest BCUT2D eigenvalue weighted by molar-refractivity contribution is 7.80. The molecule has 3 N–H and O–H groups in total. The molecule has 2 spiro atoms. The molecule has 6 aromatic carbocycles. The maximum Gasteiger partial charge on any atom is 0.188 e. The number of rotatable bonds is 10. The molecule has 7 heterocycles. The van der Waals surface area contributed by atoms with Crippen molar-refractivity contribution in [2.75, 3.05) is 11.1 Å². The molecular formula is C79H87ClN6O3P2S2. The van der Waals surface area contributed by atoms with Gasteiger partial charge in [0.2, 0.25) is 0 Å². The monoisotopic (exact) mass is 1330 g/mol. The van der Waals surface area contributed by atoms with Gasteiger partial charge >= 0.3 is 0 Å². The normalized spacial score (nSPS) is 17.5. The highest BCUT2D eigenvalue weighted by Gasteiger charge is 2.47. The van der Waals surface area contributed by atoms with Gasteiger partial charge in [-0.25, -0.2) is 19.9 Å². The molecule has 2 aliphatic carbocycles. The Labute approximate surface area is 566 Å². The van der Waals surface area contributed by atoms with E-state index in [4.69, 9.17) is 36.5 Å². The second-order valence-electron chi connectivity index (χ2n) is 28.5. The van der Waals surface area contributed by atoms with E-state index in [1.807, 2.05) is 17.0 Å². The third-order valence-electron chi connectivity index (χ3n) is 18.3. The van der Waals surface area contributed by atoms with E-state index < -0.39 is 15.8 Å². The molecule has 0 unspecified atom stereocenters. The van der Waals surface area contributed by atoms with Gasteiger partial charge in [-0.3, -0.25) is 0 Å². The number of hydrogen-bond acceptors (Lipinski definition) is 11. The van der Waals surface area contributed by atoms with Crippen LogP contribution in [0.25, 0.3) is 0 Å². The molecular weight excluding hydrogens is 1240 g/mol. The molecule has 0 saturated heterocycles. The fourth-order valence-corrected chi connectivity index (χ4v) is 19.7. The average molecular weight is 1330 g/mol. The summed E-state index contributed by atoms with van der Waals surface area (Å²) in [7, 11) is -1.65. The first-order chi connectivity index (χ1) is 44.6. The molecule has 3 aliphatic heterocycles. The van der Waals surface area contributed by atoms with Gasteiger partial charge in [0, 0.05) is 72.8 Å².